The number of hydrogen-bond acceptors (Lipinski definition) is 4. The molecule has 3 heterocycles. The second-order valence-electron chi connectivity index (χ2n) is 7.82. The van der Waals surface area contributed by atoms with E-state index in [0.717, 1.165) is 38.3 Å². The molecule has 1 saturated heterocycles. The van der Waals surface area contributed by atoms with Gasteiger partial charge in [-0.2, -0.15) is 0 Å². The van der Waals surface area contributed by atoms with Crippen LogP contribution in [0.2, 0.25) is 0 Å². The summed E-state index contributed by atoms with van der Waals surface area (Å²) in [7, 11) is 2.17. The van der Waals surface area contributed by atoms with Crippen molar-refractivity contribution in [1.29, 1.82) is 0 Å². The first-order valence-corrected chi connectivity index (χ1v) is 10.1. The highest BCUT2D eigenvalue weighted by Gasteiger charge is 2.27. The molecule has 26 heavy (non-hydrogen) atoms. The quantitative estimate of drug-likeness (QED) is 0.824. The van der Waals surface area contributed by atoms with Gasteiger partial charge in [0.15, 0.2) is 0 Å². The molecule has 0 spiro atoms. The van der Waals surface area contributed by atoms with E-state index < -0.39 is 0 Å². The number of likely N-dealkylation sites (tertiary alicyclic amines) is 1. The van der Waals surface area contributed by atoms with E-state index in [1.54, 1.807) is 0 Å². The SMILES string of the molecule is CN1CCc2nc(C3CCCCN3CCCc3ccccc3)ncc2C1. The number of aromatic nitrogens is 2. The highest BCUT2D eigenvalue weighted by atomic mass is 15.2. The van der Waals surface area contributed by atoms with E-state index in [1.165, 1.54) is 49.0 Å². The maximum atomic E-state index is 5.01. The number of nitrogens with zero attached hydrogens (tertiary/aromatic N) is 4. The number of aryl methyl sites for hydroxylation is 1. The molecule has 1 aromatic carbocycles. The Bertz CT molecular complexity index is 715. The normalized spacial score (nSPS) is 21.5. The average molecular weight is 351 g/mol. The number of likely N-dealkylation sites (N-methyl/N-ethyl adjacent to an activating group) is 1. The molecule has 1 unspecified atom stereocenters. The molecule has 2 aromatic rings. The second kappa shape index (κ2) is 8.28. The van der Waals surface area contributed by atoms with Crippen LogP contribution < -0.4 is 0 Å². The van der Waals surface area contributed by atoms with Gasteiger partial charge in [-0.25, -0.2) is 9.97 Å². The van der Waals surface area contributed by atoms with Gasteiger partial charge in [-0.05, 0) is 51.4 Å². The Kier molecular flexibility index (Phi) is 5.61. The van der Waals surface area contributed by atoms with E-state index in [4.69, 9.17) is 9.97 Å². The maximum absolute atomic E-state index is 5.01. The minimum Gasteiger partial charge on any atom is -0.302 e. The minimum atomic E-state index is 0.407. The molecule has 4 heteroatoms. The molecular weight excluding hydrogens is 320 g/mol. The van der Waals surface area contributed by atoms with Gasteiger partial charge < -0.3 is 4.90 Å². The fraction of sp³-hybridized carbons (Fsp3) is 0.545. The first kappa shape index (κ1) is 17.6. The fourth-order valence-corrected chi connectivity index (χ4v) is 4.32. The highest BCUT2D eigenvalue weighted by Crippen LogP contribution is 2.30. The summed E-state index contributed by atoms with van der Waals surface area (Å²) >= 11 is 0. The predicted octanol–water partition coefficient (Wildman–Crippen LogP) is 3.62. The van der Waals surface area contributed by atoms with Crippen LogP contribution in [0.15, 0.2) is 36.5 Å². The van der Waals surface area contributed by atoms with E-state index >= 15 is 0 Å². The molecule has 138 valence electrons. The maximum Gasteiger partial charge on any atom is 0.145 e. The van der Waals surface area contributed by atoms with Crippen LogP contribution in [0.25, 0.3) is 0 Å². The first-order chi connectivity index (χ1) is 12.8. The lowest BCUT2D eigenvalue weighted by atomic mass is 9.99. The summed E-state index contributed by atoms with van der Waals surface area (Å²) < 4.78 is 0. The van der Waals surface area contributed by atoms with Gasteiger partial charge in [-0.15, -0.1) is 0 Å². The fourth-order valence-electron chi connectivity index (χ4n) is 4.32. The third-order valence-corrected chi connectivity index (χ3v) is 5.81. The standard InChI is InChI=1S/C22H30N4/c1-25-15-12-20-19(17-25)16-23-22(24-20)21-11-5-6-13-26(21)14-7-10-18-8-3-2-4-9-18/h2-4,8-9,16,21H,5-7,10-15,17H2,1H3. The van der Waals surface area contributed by atoms with Crippen LogP contribution in [0, 0.1) is 0 Å². The van der Waals surface area contributed by atoms with Gasteiger partial charge in [0.05, 0.1) is 6.04 Å². The summed E-state index contributed by atoms with van der Waals surface area (Å²) in [6, 6.07) is 11.2. The first-order valence-electron chi connectivity index (χ1n) is 10.1. The van der Waals surface area contributed by atoms with Gasteiger partial charge in [0.25, 0.3) is 0 Å². The van der Waals surface area contributed by atoms with Crippen LogP contribution in [-0.4, -0.2) is 46.4 Å². The molecule has 1 fully saturated rings. The number of hydrogen-bond donors (Lipinski definition) is 0. The Labute approximate surface area is 157 Å². The Morgan fingerprint density at radius 2 is 2.00 bits per heavy atom. The molecule has 2 aliphatic heterocycles. The predicted molar refractivity (Wildman–Crippen MR) is 105 cm³/mol. The monoisotopic (exact) mass is 350 g/mol. The molecule has 4 rings (SSSR count). The Hall–Kier alpha value is -1.78. The molecule has 0 saturated carbocycles. The summed E-state index contributed by atoms with van der Waals surface area (Å²) in [6.45, 7) is 4.42. The molecule has 0 amide bonds. The molecule has 0 aliphatic carbocycles. The van der Waals surface area contributed by atoms with Crippen LogP contribution in [0.3, 0.4) is 0 Å². The van der Waals surface area contributed by atoms with Gasteiger partial charge in [0.1, 0.15) is 5.82 Å². The highest BCUT2D eigenvalue weighted by molar-refractivity contribution is 5.21. The summed E-state index contributed by atoms with van der Waals surface area (Å²) in [5, 5.41) is 0. The van der Waals surface area contributed by atoms with Gasteiger partial charge in [-0.1, -0.05) is 36.8 Å². The molecule has 0 N–H and O–H groups in total. The Morgan fingerprint density at radius 3 is 2.88 bits per heavy atom. The third-order valence-electron chi connectivity index (χ3n) is 5.81. The molecule has 1 aromatic heterocycles. The van der Waals surface area contributed by atoms with Crippen LogP contribution in [0.1, 0.15) is 54.4 Å². The van der Waals surface area contributed by atoms with Gasteiger partial charge in [0, 0.05) is 37.0 Å². The minimum absolute atomic E-state index is 0.407. The van der Waals surface area contributed by atoms with Crippen LogP contribution in [0.5, 0.6) is 0 Å². The van der Waals surface area contributed by atoms with Crippen molar-refractivity contribution < 1.29 is 0 Å². The zero-order valence-corrected chi connectivity index (χ0v) is 15.9. The number of benzene rings is 1. The molecular formula is C22H30N4. The second-order valence-corrected chi connectivity index (χ2v) is 7.82. The van der Waals surface area contributed by atoms with Crippen molar-refractivity contribution in [2.75, 3.05) is 26.7 Å². The van der Waals surface area contributed by atoms with E-state index in [2.05, 4.69) is 53.4 Å². The summed E-state index contributed by atoms with van der Waals surface area (Å²) in [5.41, 5.74) is 4.03. The zero-order valence-electron chi connectivity index (χ0n) is 15.9. The van der Waals surface area contributed by atoms with Crippen LogP contribution in [-0.2, 0) is 19.4 Å². The largest absolute Gasteiger partial charge is 0.302 e. The Balaban J connectivity index is 1.42. The summed E-state index contributed by atoms with van der Waals surface area (Å²) in [5.74, 6) is 1.06. The van der Waals surface area contributed by atoms with E-state index in [-0.39, 0.29) is 0 Å². The van der Waals surface area contributed by atoms with Crippen molar-refractivity contribution in [1.82, 2.24) is 19.8 Å². The molecule has 4 nitrogen and oxygen atoms in total. The smallest absolute Gasteiger partial charge is 0.145 e. The van der Waals surface area contributed by atoms with Crippen molar-refractivity contribution >= 4 is 0 Å². The summed E-state index contributed by atoms with van der Waals surface area (Å²) in [6.07, 6.45) is 9.30. The van der Waals surface area contributed by atoms with Crippen molar-refractivity contribution in [2.45, 2.75) is 51.1 Å². The topological polar surface area (TPSA) is 32.3 Å². The van der Waals surface area contributed by atoms with Crippen LogP contribution >= 0.6 is 0 Å². The zero-order chi connectivity index (χ0) is 17.8. The summed E-state index contributed by atoms with van der Waals surface area (Å²) in [4.78, 5) is 14.8. The van der Waals surface area contributed by atoms with Gasteiger partial charge >= 0.3 is 0 Å². The lowest BCUT2D eigenvalue weighted by Gasteiger charge is -2.35. The molecule has 0 bridgehead atoms. The molecule has 2 aliphatic rings. The van der Waals surface area contributed by atoms with E-state index in [1.807, 2.05) is 0 Å². The van der Waals surface area contributed by atoms with E-state index in [0.29, 0.717) is 6.04 Å². The van der Waals surface area contributed by atoms with Crippen molar-refractivity contribution in [3.8, 4) is 0 Å². The average Bonchev–Trinajstić information content (AvgIpc) is 2.69. The lowest BCUT2D eigenvalue weighted by molar-refractivity contribution is 0.140. The Morgan fingerprint density at radius 1 is 1.12 bits per heavy atom. The number of rotatable bonds is 5. The van der Waals surface area contributed by atoms with Crippen molar-refractivity contribution in [3.05, 3.63) is 59.2 Å². The van der Waals surface area contributed by atoms with Gasteiger partial charge in [0.2, 0.25) is 0 Å². The lowest BCUT2D eigenvalue weighted by Crippen LogP contribution is -2.36. The van der Waals surface area contributed by atoms with E-state index in [9.17, 15) is 0 Å². The van der Waals surface area contributed by atoms with Crippen LogP contribution in [0.4, 0.5) is 0 Å². The molecule has 1 atom stereocenters. The number of piperidine rings is 1. The molecule has 0 radical (unpaired) electrons. The number of fused-ring (bicyclic) bond motifs is 1. The van der Waals surface area contributed by atoms with Crippen molar-refractivity contribution in [2.24, 2.45) is 0 Å². The van der Waals surface area contributed by atoms with Gasteiger partial charge in [-0.3, -0.25) is 4.90 Å². The third kappa shape index (κ3) is 4.13. The van der Waals surface area contributed by atoms with Crippen molar-refractivity contribution in [3.63, 3.8) is 0 Å².